The summed E-state index contributed by atoms with van der Waals surface area (Å²) in [6.45, 7) is 3.36. The summed E-state index contributed by atoms with van der Waals surface area (Å²) in [4.78, 5) is 8.61. The molecule has 4 aromatic rings. The smallest absolute Gasteiger partial charge is 0.105 e. The number of hydrogen-bond acceptors (Lipinski definition) is 4. The number of hydrogen-bond donors (Lipinski definition) is 1. The summed E-state index contributed by atoms with van der Waals surface area (Å²) in [7, 11) is 0. The first kappa shape index (κ1) is 18.0. The predicted octanol–water partition coefficient (Wildman–Crippen LogP) is 4.93. The van der Waals surface area contributed by atoms with E-state index in [4.69, 9.17) is 11.6 Å². The average Bonchev–Trinajstić information content (AvgIpc) is 3.10. The van der Waals surface area contributed by atoms with Gasteiger partial charge in [-0.1, -0.05) is 35.9 Å². The lowest BCUT2D eigenvalue weighted by molar-refractivity contribution is 0.760. The molecule has 138 valence electrons. The van der Waals surface area contributed by atoms with Crippen molar-refractivity contribution in [1.82, 2.24) is 14.5 Å². The maximum atomic E-state index is 9.49. The molecule has 2 aromatic heterocycles. The van der Waals surface area contributed by atoms with E-state index in [1.807, 2.05) is 37.5 Å². The quantitative estimate of drug-likeness (QED) is 0.527. The Kier molecular flexibility index (Phi) is 4.96. The number of pyridine rings is 1. The van der Waals surface area contributed by atoms with Crippen molar-refractivity contribution < 1.29 is 0 Å². The van der Waals surface area contributed by atoms with Crippen LogP contribution in [-0.2, 0) is 13.1 Å². The first-order valence-corrected chi connectivity index (χ1v) is 9.29. The molecule has 0 fully saturated rings. The van der Waals surface area contributed by atoms with E-state index in [-0.39, 0.29) is 0 Å². The van der Waals surface area contributed by atoms with Crippen LogP contribution < -0.4 is 5.32 Å². The SMILES string of the molecule is Cc1nccn1Cc1cccc(CNc2c(C#N)cnc3ccc(Cl)cc23)c1. The number of nitrogens with one attached hydrogen (secondary N) is 1. The average molecular weight is 388 g/mol. The molecule has 5 nitrogen and oxygen atoms in total. The molecule has 28 heavy (non-hydrogen) atoms. The zero-order valence-electron chi connectivity index (χ0n) is 15.4. The summed E-state index contributed by atoms with van der Waals surface area (Å²) in [6, 6.07) is 16.1. The first-order chi connectivity index (χ1) is 13.6. The fourth-order valence-electron chi connectivity index (χ4n) is 3.24. The van der Waals surface area contributed by atoms with Crippen molar-refractivity contribution in [3.8, 4) is 6.07 Å². The number of nitriles is 1. The van der Waals surface area contributed by atoms with Crippen LogP contribution in [0, 0.1) is 18.3 Å². The highest BCUT2D eigenvalue weighted by atomic mass is 35.5. The van der Waals surface area contributed by atoms with Crippen molar-refractivity contribution in [3.63, 3.8) is 0 Å². The van der Waals surface area contributed by atoms with E-state index in [1.54, 1.807) is 12.3 Å². The molecule has 4 rings (SSSR count). The van der Waals surface area contributed by atoms with Gasteiger partial charge in [0.25, 0.3) is 0 Å². The molecular weight excluding hydrogens is 370 g/mol. The van der Waals surface area contributed by atoms with Crippen molar-refractivity contribution in [1.29, 1.82) is 5.26 Å². The highest BCUT2D eigenvalue weighted by Crippen LogP contribution is 2.28. The van der Waals surface area contributed by atoms with E-state index in [1.165, 1.54) is 5.56 Å². The third kappa shape index (κ3) is 3.68. The minimum atomic E-state index is 0.500. The number of halogens is 1. The van der Waals surface area contributed by atoms with Crippen LogP contribution in [-0.4, -0.2) is 14.5 Å². The minimum Gasteiger partial charge on any atom is -0.379 e. The molecule has 2 aromatic carbocycles. The monoisotopic (exact) mass is 387 g/mol. The second-order valence-electron chi connectivity index (χ2n) is 6.60. The third-order valence-electron chi connectivity index (χ3n) is 4.69. The molecular formula is C22H18ClN5. The number of rotatable bonds is 5. The summed E-state index contributed by atoms with van der Waals surface area (Å²) in [6.07, 6.45) is 5.38. The zero-order chi connectivity index (χ0) is 19.5. The third-order valence-corrected chi connectivity index (χ3v) is 4.92. The lowest BCUT2D eigenvalue weighted by Crippen LogP contribution is -2.05. The van der Waals surface area contributed by atoms with E-state index < -0.39 is 0 Å². The summed E-state index contributed by atoms with van der Waals surface area (Å²) in [5, 5.41) is 14.4. The summed E-state index contributed by atoms with van der Waals surface area (Å²) in [5.41, 5.74) is 4.38. The Labute approximate surface area is 168 Å². The largest absolute Gasteiger partial charge is 0.379 e. The molecule has 0 aliphatic heterocycles. The van der Waals surface area contributed by atoms with Crippen LogP contribution in [0.3, 0.4) is 0 Å². The van der Waals surface area contributed by atoms with Gasteiger partial charge in [0.2, 0.25) is 0 Å². The normalized spacial score (nSPS) is 10.8. The van der Waals surface area contributed by atoms with Gasteiger partial charge in [-0.05, 0) is 36.2 Å². The van der Waals surface area contributed by atoms with E-state index in [0.717, 1.165) is 34.5 Å². The van der Waals surface area contributed by atoms with Gasteiger partial charge in [-0.3, -0.25) is 4.98 Å². The van der Waals surface area contributed by atoms with E-state index in [0.29, 0.717) is 17.1 Å². The Bertz CT molecular complexity index is 1190. The van der Waals surface area contributed by atoms with Crippen molar-refractivity contribution >= 4 is 28.2 Å². The molecule has 2 heterocycles. The number of anilines is 1. The maximum Gasteiger partial charge on any atom is 0.105 e. The van der Waals surface area contributed by atoms with Gasteiger partial charge in [-0.15, -0.1) is 0 Å². The fraction of sp³-hybridized carbons (Fsp3) is 0.136. The number of aromatic nitrogens is 3. The minimum absolute atomic E-state index is 0.500. The molecule has 0 radical (unpaired) electrons. The fourth-order valence-corrected chi connectivity index (χ4v) is 3.41. The number of fused-ring (bicyclic) bond motifs is 1. The van der Waals surface area contributed by atoms with Crippen molar-refractivity contribution in [2.75, 3.05) is 5.32 Å². The second kappa shape index (κ2) is 7.71. The summed E-state index contributed by atoms with van der Waals surface area (Å²) in [5.74, 6) is 0.988. The lowest BCUT2D eigenvalue weighted by atomic mass is 10.1. The molecule has 0 saturated carbocycles. The molecule has 0 amide bonds. The highest BCUT2D eigenvalue weighted by Gasteiger charge is 2.10. The van der Waals surface area contributed by atoms with Crippen LogP contribution in [0.4, 0.5) is 5.69 Å². The van der Waals surface area contributed by atoms with Gasteiger partial charge in [-0.25, -0.2) is 4.98 Å². The summed E-state index contributed by atoms with van der Waals surface area (Å²) < 4.78 is 2.11. The van der Waals surface area contributed by atoms with Gasteiger partial charge in [0, 0.05) is 42.1 Å². The van der Waals surface area contributed by atoms with Crippen LogP contribution >= 0.6 is 11.6 Å². The van der Waals surface area contributed by atoms with E-state index in [2.05, 4.69) is 44.1 Å². The Morgan fingerprint density at radius 3 is 2.79 bits per heavy atom. The Balaban J connectivity index is 1.60. The lowest BCUT2D eigenvalue weighted by Gasteiger charge is -2.13. The predicted molar refractivity (Wildman–Crippen MR) is 111 cm³/mol. The maximum absolute atomic E-state index is 9.49. The van der Waals surface area contributed by atoms with E-state index >= 15 is 0 Å². The van der Waals surface area contributed by atoms with Gasteiger partial charge < -0.3 is 9.88 Å². The van der Waals surface area contributed by atoms with Crippen LogP contribution in [0.5, 0.6) is 0 Å². The van der Waals surface area contributed by atoms with Crippen LogP contribution in [0.2, 0.25) is 5.02 Å². The molecule has 1 N–H and O–H groups in total. The van der Waals surface area contributed by atoms with Gasteiger partial charge in [0.1, 0.15) is 11.9 Å². The molecule has 0 bridgehead atoms. The number of nitrogens with zero attached hydrogens (tertiary/aromatic N) is 4. The van der Waals surface area contributed by atoms with Crippen LogP contribution in [0.1, 0.15) is 22.5 Å². The van der Waals surface area contributed by atoms with Crippen molar-refractivity contribution in [2.45, 2.75) is 20.0 Å². The van der Waals surface area contributed by atoms with Crippen LogP contribution in [0.25, 0.3) is 10.9 Å². The Morgan fingerprint density at radius 1 is 1.14 bits per heavy atom. The molecule has 0 unspecified atom stereocenters. The molecule has 0 aliphatic rings. The van der Waals surface area contributed by atoms with Crippen molar-refractivity contribution in [3.05, 3.63) is 88.6 Å². The zero-order valence-corrected chi connectivity index (χ0v) is 16.1. The van der Waals surface area contributed by atoms with Gasteiger partial charge >= 0.3 is 0 Å². The van der Waals surface area contributed by atoms with Crippen molar-refractivity contribution in [2.24, 2.45) is 0 Å². The van der Waals surface area contributed by atoms with Gasteiger partial charge in [0.15, 0.2) is 0 Å². The molecule has 0 atom stereocenters. The number of aryl methyl sites for hydroxylation is 1. The molecule has 0 spiro atoms. The standard InChI is InChI=1S/C22H18ClN5/c1-15-25-7-8-28(15)14-17-4-2-3-16(9-17)12-27-22-18(11-24)13-26-21-6-5-19(23)10-20(21)22/h2-10,13H,12,14H2,1H3,(H,26,27). The molecule has 0 aliphatic carbocycles. The Morgan fingerprint density at radius 2 is 2.00 bits per heavy atom. The Hall–Kier alpha value is -3.36. The number of imidazole rings is 1. The van der Waals surface area contributed by atoms with E-state index in [9.17, 15) is 5.26 Å². The van der Waals surface area contributed by atoms with Gasteiger partial charge in [0.05, 0.1) is 16.8 Å². The highest BCUT2D eigenvalue weighted by molar-refractivity contribution is 6.31. The second-order valence-corrected chi connectivity index (χ2v) is 7.03. The molecule has 0 saturated heterocycles. The first-order valence-electron chi connectivity index (χ1n) is 8.92. The van der Waals surface area contributed by atoms with Gasteiger partial charge in [-0.2, -0.15) is 5.26 Å². The topological polar surface area (TPSA) is 66.5 Å². The van der Waals surface area contributed by atoms with Crippen LogP contribution in [0.15, 0.2) is 61.1 Å². The number of benzene rings is 2. The molecule has 6 heteroatoms. The summed E-state index contributed by atoms with van der Waals surface area (Å²) >= 11 is 6.16.